The maximum absolute atomic E-state index is 12.5. The Kier molecular flexibility index (Phi) is 4.87. The van der Waals surface area contributed by atoms with Gasteiger partial charge in [-0.2, -0.15) is 0 Å². The van der Waals surface area contributed by atoms with Gasteiger partial charge >= 0.3 is 0 Å². The molecule has 1 amide bonds. The molecule has 0 N–H and O–H groups in total. The van der Waals surface area contributed by atoms with Crippen LogP contribution in [0.15, 0.2) is 12.1 Å². The Bertz CT molecular complexity index is 488. The molecule has 0 saturated carbocycles. The Balaban J connectivity index is 1.64. The Morgan fingerprint density at radius 2 is 1.59 bits per heavy atom. The lowest BCUT2D eigenvalue weighted by atomic mass is 10.2. The third kappa shape index (κ3) is 3.55. The fraction of sp³-hybridized carbons (Fsp3) is 0.688. The molecular formula is C16H25N5O. The van der Waals surface area contributed by atoms with Gasteiger partial charge in [0.15, 0.2) is 11.5 Å². The number of anilines is 1. The Labute approximate surface area is 132 Å². The van der Waals surface area contributed by atoms with Crippen LogP contribution in [-0.4, -0.2) is 72.2 Å². The monoisotopic (exact) mass is 303 g/mol. The molecule has 2 fully saturated rings. The number of carbonyl (C=O) groups is 1. The molecule has 120 valence electrons. The Hall–Kier alpha value is -1.69. The molecule has 0 atom stereocenters. The first kappa shape index (κ1) is 15.2. The number of aromatic nitrogens is 2. The summed E-state index contributed by atoms with van der Waals surface area (Å²) in [5, 5.41) is 8.46. The number of piperazine rings is 1. The number of likely N-dealkylation sites (N-methyl/N-ethyl adjacent to an activating group) is 1. The summed E-state index contributed by atoms with van der Waals surface area (Å²) in [6, 6.07) is 3.76. The van der Waals surface area contributed by atoms with Crippen LogP contribution in [0.1, 0.15) is 36.2 Å². The molecule has 1 aromatic rings. The van der Waals surface area contributed by atoms with Crippen molar-refractivity contribution in [1.82, 2.24) is 20.0 Å². The molecule has 0 unspecified atom stereocenters. The quantitative estimate of drug-likeness (QED) is 0.823. The second kappa shape index (κ2) is 7.05. The van der Waals surface area contributed by atoms with Crippen LogP contribution in [-0.2, 0) is 0 Å². The van der Waals surface area contributed by atoms with Crippen molar-refractivity contribution in [3.63, 3.8) is 0 Å². The van der Waals surface area contributed by atoms with Crippen LogP contribution in [0.25, 0.3) is 0 Å². The highest BCUT2D eigenvalue weighted by Gasteiger charge is 2.20. The molecule has 2 saturated heterocycles. The van der Waals surface area contributed by atoms with Crippen LogP contribution in [0.5, 0.6) is 0 Å². The summed E-state index contributed by atoms with van der Waals surface area (Å²) < 4.78 is 0. The van der Waals surface area contributed by atoms with Crippen LogP contribution in [0, 0.1) is 0 Å². The van der Waals surface area contributed by atoms with Gasteiger partial charge in [-0.1, -0.05) is 12.8 Å². The zero-order valence-corrected chi connectivity index (χ0v) is 13.4. The molecule has 3 rings (SSSR count). The third-order valence-electron chi connectivity index (χ3n) is 4.59. The summed E-state index contributed by atoms with van der Waals surface area (Å²) in [6.45, 7) is 5.70. The second-order valence-corrected chi connectivity index (χ2v) is 6.27. The van der Waals surface area contributed by atoms with Crippen molar-refractivity contribution in [1.29, 1.82) is 0 Å². The maximum Gasteiger partial charge on any atom is 0.274 e. The van der Waals surface area contributed by atoms with Crippen molar-refractivity contribution in [3.05, 3.63) is 17.8 Å². The van der Waals surface area contributed by atoms with Crippen molar-refractivity contribution < 1.29 is 4.79 Å². The standard InChI is InChI=1S/C16H25N5O/c1-19-10-12-20(13-11-19)15-7-6-14(17-18-15)16(22)21-8-4-2-3-5-9-21/h6-7H,2-5,8-13H2,1H3. The normalized spacial score (nSPS) is 20.8. The first-order valence-corrected chi connectivity index (χ1v) is 8.30. The van der Waals surface area contributed by atoms with E-state index in [1.54, 1.807) is 0 Å². The SMILES string of the molecule is CN1CCN(c2ccc(C(=O)N3CCCCCC3)nn2)CC1. The summed E-state index contributed by atoms with van der Waals surface area (Å²) in [4.78, 5) is 18.9. The highest BCUT2D eigenvalue weighted by Crippen LogP contribution is 2.15. The van der Waals surface area contributed by atoms with E-state index in [9.17, 15) is 4.79 Å². The molecule has 2 aliphatic heterocycles. The van der Waals surface area contributed by atoms with Gasteiger partial charge < -0.3 is 14.7 Å². The van der Waals surface area contributed by atoms with E-state index >= 15 is 0 Å². The smallest absolute Gasteiger partial charge is 0.274 e. The topological polar surface area (TPSA) is 52.6 Å². The van der Waals surface area contributed by atoms with E-state index in [0.717, 1.165) is 57.9 Å². The number of hydrogen-bond donors (Lipinski definition) is 0. The molecule has 0 aliphatic carbocycles. The highest BCUT2D eigenvalue weighted by molar-refractivity contribution is 5.92. The van der Waals surface area contributed by atoms with Crippen LogP contribution in [0.3, 0.4) is 0 Å². The molecule has 6 heteroatoms. The Morgan fingerprint density at radius 1 is 0.909 bits per heavy atom. The van der Waals surface area contributed by atoms with E-state index in [1.807, 2.05) is 17.0 Å². The lowest BCUT2D eigenvalue weighted by Gasteiger charge is -2.32. The molecule has 0 bridgehead atoms. The molecule has 0 aromatic carbocycles. The molecule has 2 aliphatic rings. The van der Waals surface area contributed by atoms with Gasteiger partial charge in [0, 0.05) is 39.3 Å². The predicted molar refractivity (Wildman–Crippen MR) is 86.1 cm³/mol. The van der Waals surface area contributed by atoms with E-state index in [-0.39, 0.29) is 5.91 Å². The number of hydrogen-bond acceptors (Lipinski definition) is 5. The number of rotatable bonds is 2. The van der Waals surface area contributed by atoms with Crippen LogP contribution in [0.2, 0.25) is 0 Å². The van der Waals surface area contributed by atoms with E-state index < -0.39 is 0 Å². The summed E-state index contributed by atoms with van der Waals surface area (Å²) in [7, 11) is 2.13. The lowest BCUT2D eigenvalue weighted by molar-refractivity contribution is 0.0754. The number of nitrogens with zero attached hydrogens (tertiary/aromatic N) is 5. The lowest BCUT2D eigenvalue weighted by Crippen LogP contribution is -2.45. The van der Waals surface area contributed by atoms with Gasteiger partial charge in [0.2, 0.25) is 0 Å². The van der Waals surface area contributed by atoms with Crippen molar-refractivity contribution in [2.24, 2.45) is 0 Å². The molecule has 22 heavy (non-hydrogen) atoms. The van der Waals surface area contributed by atoms with Crippen LogP contribution < -0.4 is 4.90 Å². The minimum Gasteiger partial charge on any atom is -0.353 e. The second-order valence-electron chi connectivity index (χ2n) is 6.27. The molecule has 0 radical (unpaired) electrons. The molecule has 1 aromatic heterocycles. The Morgan fingerprint density at radius 3 is 2.18 bits per heavy atom. The average Bonchev–Trinajstić information content (AvgIpc) is 2.84. The van der Waals surface area contributed by atoms with E-state index in [2.05, 4.69) is 27.0 Å². The summed E-state index contributed by atoms with van der Waals surface area (Å²) in [5.74, 6) is 0.903. The van der Waals surface area contributed by atoms with Crippen molar-refractivity contribution >= 4 is 11.7 Å². The number of carbonyl (C=O) groups excluding carboxylic acids is 1. The predicted octanol–water partition coefficient (Wildman–Crippen LogP) is 1.24. The van der Waals surface area contributed by atoms with Crippen molar-refractivity contribution in [3.8, 4) is 0 Å². The minimum absolute atomic E-state index is 0.0272. The van der Waals surface area contributed by atoms with Crippen molar-refractivity contribution in [2.45, 2.75) is 25.7 Å². The molecule has 6 nitrogen and oxygen atoms in total. The van der Waals surface area contributed by atoms with E-state index in [1.165, 1.54) is 12.8 Å². The summed E-state index contributed by atoms with van der Waals surface area (Å²) in [5.41, 5.74) is 0.472. The molecule has 0 spiro atoms. The largest absolute Gasteiger partial charge is 0.353 e. The van der Waals surface area contributed by atoms with Crippen LogP contribution >= 0.6 is 0 Å². The van der Waals surface area contributed by atoms with Crippen LogP contribution in [0.4, 0.5) is 5.82 Å². The first-order chi connectivity index (χ1) is 10.7. The summed E-state index contributed by atoms with van der Waals surface area (Å²) >= 11 is 0. The van der Waals surface area contributed by atoms with Gasteiger partial charge in [-0.3, -0.25) is 4.79 Å². The number of amides is 1. The van der Waals surface area contributed by atoms with E-state index in [0.29, 0.717) is 5.69 Å². The van der Waals surface area contributed by atoms with Crippen molar-refractivity contribution in [2.75, 3.05) is 51.2 Å². The minimum atomic E-state index is 0.0272. The third-order valence-corrected chi connectivity index (χ3v) is 4.59. The van der Waals surface area contributed by atoms with Gasteiger partial charge in [0.1, 0.15) is 0 Å². The average molecular weight is 303 g/mol. The number of likely N-dealkylation sites (tertiary alicyclic amines) is 1. The fourth-order valence-corrected chi connectivity index (χ4v) is 3.08. The van der Waals surface area contributed by atoms with Gasteiger partial charge in [-0.15, -0.1) is 10.2 Å². The first-order valence-electron chi connectivity index (χ1n) is 8.30. The zero-order chi connectivity index (χ0) is 15.4. The highest BCUT2D eigenvalue weighted by atomic mass is 16.2. The van der Waals surface area contributed by atoms with E-state index in [4.69, 9.17) is 0 Å². The summed E-state index contributed by atoms with van der Waals surface area (Å²) in [6.07, 6.45) is 4.63. The van der Waals surface area contributed by atoms with Gasteiger partial charge in [0.25, 0.3) is 5.91 Å². The molecule has 3 heterocycles. The fourth-order valence-electron chi connectivity index (χ4n) is 3.08. The van der Waals surface area contributed by atoms with Gasteiger partial charge in [-0.05, 0) is 32.0 Å². The maximum atomic E-state index is 12.5. The zero-order valence-electron chi connectivity index (χ0n) is 13.4. The molecular weight excluding hydrogens is 278 g/mol. The van der Waals surface area contributed by atoms with Gasteiger partial charge in [0.05, 0.1) is 0 Å². The van der Waals surface area contributed by atoms with Gasteiger partial charge in [-0.25, -0.2) is 0 Å².